The molecule has 0 radical (unpaired) electrons. The molecule has 4 heterocycles. The first-order valence-electron chi connectivity index (χ1n) is 10.9. The van der Waals surface area contributed by atoms with Crippen molar-refractivity contribution >= 4 is 23.2 Å². The summed E-state index contributed by atoms with van der Waals surface area (Å²) in [7, 11) is 0. The van der Waals surface area contributed by atoms with Crippen LogP contribution in [0.2, 0.25) is 0 Å². The van der Waals surface area contributed by atoms with Crippen molar-refractivity contribution in [1.29, 1.82) is 0 Å². The number of aryl methyl sites for hydroxylation is 1. The fraction of sp³-hybridized carbons (Fsp3) is 0.250. The van der Waals surface area contributed by atoms with E-state index in [1.54, 1.807) is 25.1 Å². The second-order valence-corrected chi connectivity index (χ2v) is 8.07. The summed E-state index contributed by atoms with van der Waals surface area (Å²) in [4.78, 5) is 23.8. The number of benzene rings is 1. The summed E-state index contributed by atoms with van der Waals surface area (Å²) >= 11 is 0. The lowest BCUT2D eigenvalue weighted by atomic mass is 10.0. The number of alkyl halides is 3. The fourth-order valence-electron chi connectivity index (χ4n) is 4.00. The van der Waals surface area contributed by atoms with Crippen molar-refractivity contribution in [2.45, 2.75) is 13.1 Å². The van der Waals surface area contributed by atoms with E-state index in [0.29, 0.717) is 49.1 Å². The molecule has 0 atom stereocenters. The largest absolute Gasteiger partial charge is 0.417 e. The maximum atomic E-state index is 13.6. The van der Waals surface area contributed by atoms with Crippen LogP contribution >= 0.6 is 0 Å². The van der Waals surface area contributed by atoms with Crippen LogP contribution < -0.4 is 10.2 Å². The zero-order valence-electron chi connectivity index (χ0n) is 18.7. The van der Waals surface area contributed by atoms with Gasteiger partial charge in [0.1, 0.15) is 11.6 Å². The molecule has 1 N–H and O–H groups in total. The number of morpholine rings is 1. The number of ether oxygens (including phenoxy) is 1. The lowest BCUT2D eigenvalue weighted by Gasteiger charge is -2.27. The van der Waals surface area contributed by atoms with Crippen LogP contribution in [0.3, 0.4) is 0 Å². The molecule has 3 aromatic heterocycles. The van der Waals surface area contributed by atoms with E-state index >= 15 is 0 Å². The predicted molar refractivity (Wildman–Crippen MR) is 123 cm³/mol. The average Bonchev–Trinajstić information content (AvgIpc) is 3.26. The molecule has 1 fully saturated rings. The lowest BCUT2D eigenvalue weighted by molar-refractivity contribution is -0.137. The molecule has 35 heavy (non-hydrogen) atoms. The summed E-state index contributed by atoms with van der Waals surface area (Å²) in [6.45, 7) is 4.26. The molecule has 11 heteroatoms. The number of hydrogen-bond acceptors (Lipinski definition) is 6. The normalized spacial score (nSPS) is 14.3. The number of anilines is 2. The first kappa shape index (κ1) is 22.8. The monoisotopic (exact) mass is 482 g/mol. The third-order valence-electron chi connectivity index (χ3n) is 5.71. The highest BCUT2D eigenvalue weighted by molar-refractivity contribution is 6.03. The van der Waals surface area contributed by atoms with E-state index in [4.69, 9.17) is 4.74 Å². The molecule has 1 saturated heterocycles. The van der Waals surface area contributed by atoms with Gasteiger partial charge in [0.15, 0.2) is 11.3 Å². The van der Waals surface area contributed by atoms with Crippen molar-refractivity contribution in [3.63, 3.8) is 0 Å². The maximum absolute atomic E-state index is 13.6. The molecule has 0 aliphatic carbocycles. The number of hydrogen-bond donors (Lipinski definition) is 1. The molecular formula is C24H21F3N6O2. The Hall–Kier alpha value is -3.99. The Morgan fingerprint density at radius 3 is 2.63 bits per heavy atom. The number of rotatable bonds is 4. The van der Waals surface area contributed by atoms with Crippen molar-refractivity contribution in [3.05, 3.63) is 71.5 Å². The number of amides is 1. The quantitative estimate of drug-likeness (QED) is 0.469. The van der Waals surface area contributed by atoms with Crippen LogP contribution in [0.1, 0.15) is 21.6 Å². The number of carbonyl (C=O) groups excluding carboxylic acids is 1. The molecule has 0 unspecified atom stereocenters. The van der Waals surface area contributed by atoms with E-state index in [-0.39, 0.29) is 17.0 Å². The average molecular weight is 482 g/mol. The minimum absolute atomic E-state index is 0.0701. The molecule has 8 nitrogen and oxygen atoms in total. The van der Waals surface area contributed by atoms with Crippen LogP contribution in [0.5, 0.6) is 0 Å². The number of carbonyl (C=O) groups is 1. The first-order chi connectivity index (χ1) is 16.8. The van der Waals surface area contributed by atoms with Crippen LogP contribution in [-0.2, 0) is 10.9 Å². The zero-order valence-corrected chi connectivity index (χ0v) is 18.7. The number of imidazole rings is 1. The van der Waals surface area contributed by atoms with Crippen LogP contribution in [0.4, 0.5) is 24.8 Å². The molecule has 0 saturated carbocycles. The van der Waals surface area contributed by atoms with E-state index in [2.05, 4.69) is 25.3 Å². The molecule has 1 amide bonds. The Morgan fingerprint density at radius 1 is 1.09 bits per heavy atom. The second-order valence-electron chi connectivity index (χ2n) is 8.07. The number of pyridine rings is 1. The molecule has 1 aliphatic heterocycles. The summed E-state index contributed by atoms with van der Waals surface area (Å²) < 4.78 is 47.4. The van der Waals surface area contributed by atoms with Crippen molar-refractivity contribution in [2.75, 3.05) is 36.5 Å². The SMILES string of the molecule is Cc1cc2ncc(C(=O)Nc3cccc(N4CCOCC4)n3)n2nc1-c1ccccc1C(F)(F)F. The van der Waals surface area contributed by atoms with Crippen LogP contribution in [0, 0.1) is 6.92 Å². The van der Waals surface area contributed by atoms with Gasteiger partial charge in [-0.05, 0) is 36.8 Å². The number of fused-ring (bicyclic) bond motifs is 1. The first-order valence-corrected chi connectivity index (χ1v) is 10.9. The zero-order chi connectivity index (χ0) is 24.6. The van der Waals surface area contributed by atoms with Crippen LogP contribution in [0.25, 0.3) is 16.9 Å². The van der Waals surface area contributed by atoms with Gasteiger partial charge in [-0.2, -0.15) is 18.3 Å². The van der Waals surface area contributed by atoms with Gasteiger partial charge in [-0.25, -0.2) is 14.5 Å². The molecule has 1 aromatic carbocycles. The van der Waals surface area contributed by atoms with Gasteiger partial charge in [-0.3, -0.25) is 4.79 Å². The van der Waals surface area contributed by atoms with Gasteiger partial charge in [0, 0.05) is 18.7 Å². The smallest absolute Gasteiger partial charge is 0.378 e. The fourth-order valence-corrected chi connectivity index (χ4v) is 4.00. The van der Waals surface area contributed by atoms with Gasteiger partial charge < -0.3 is 15.0 Å². The Balaban J connectivity index is 1.48. The van der Waals surface area contributed by atoms with Crippen LogP contribution in [0.15, 0.2) is 54.7 Å². The third-order valence-corrected chi connectivity index (χ3v) is 5.71. The lowest BCUT2D eigenvalue weighted by Crippen LogP contribution is -2.36. The highest BCUT2D eigenvalue weighted by atomic mass is 19.4. The number of nitrogens with zero attached hydrogens (tertiary/aromatic N) is 5. The maximum Gasteiger partial charge on any atom is 0.417 e. The van der Waals surface area contributed by atoms with E-state index < -0.39 is 17.6 Å². The second kappa shape index (κ2) is 8.99. The van der Waals surface area contributed by atoms with Crippen molar-refractivity contribution < 1.29 is 22.7 Å². The van der Waals surface area contributed by atoms with Gasteiger partial charge in [0.25, 0.3) is 5.91 Å². The highest BCUT2D eigenvalue weighted by Gasteiger charge is 2.34. The number of aromatic nitrogens is 4. The third kappa shape index (κ3) is 4.54. The van der Waals surface area contributed by atoms with Gasteiger partial charge in [0.2, 0.25) is 0 Å². The molecule has 0 bridgehead atoms. The molecule has 0 spiro atoms. The van der Waals surface area contributed by atoms with E-state index in [9.17, 15) is 18.0 Å². The van der Waals surface area contributed by atoms with Crippen LogP contribution in [-0.4, -0.2) is 51.8 Å². The Bertz CT molecular complexity index is 1400. The highest BCUT2D eigenvalue weighted by Crippen LogP contribution is 2.37. The summed E-state index contributed by atoms with van der Waals surface area (Å²) in [5.41, 5.74) is 0.168. The number of nitrogens with one attached hydrogen (secondary N) is 1. The Kier molecular flexibility index (Phi) is 5.85. The van der Waals surface area contributed by atoms with Gasteiger partial charge in [0.05, 0.1) is 30.7 Å². The predicted octanol–water partition coefficient (Wildman–Crippen LogP) is 4.21. The van der Waals surface area contributed by atoms with E-state index in [0.717, 1.165) is 6.07 Å². The topological polar surface area (TPSA) is 84.7 Å². The molecular weight excluding hydrogens is 461 g/mol. The minimum atomic E-state index is -4.55. The summed E-state index contributed by atoms with van der Waals surface area (Å²) in [5.74, 6) is 0.517. The minimum Gasteiger partial charge on any atom is -0.378 e. The van der Waals surface area contributed by atoms with Crippen molar-refractivity contribution in [3.8, 4) is 11.3 Å². The van der Waals surface area contributed by atoms with Gasteiger partial charge >= 0.3 is 6.18 Å². The molecule has 1 aliphatic rings. The summed E-state index contributed by atoms with van der Waals surface area (Å²) in [6.07, 6.45) is -3.21. The van der Waals surface area contributed by atoms with Crippen molar-refractivity contribution in [1.82, 2.24) is 19.6 Å². The Morgan fingerprint density at radius 2 is 1.86 bits per heavy atom. The summed E-state index contributed by atoms with van der Waals surface area (Å²) in [5, 5.41) is 7.12. The summed E-state index contributed by atoms with van der Waals surface area (Å²) in [6, 6.07) is 12.1. The van der Waals surface area contributed by atoms with Gasteiger partial charge in [-0.1, -0.05) is 24.3 Å². The molecule has 5 rings (SSSR count). The van der Waals surface area contributed by atoms with Crippen molar-refractivity contribution in [2.24, 2.45) is 0 Å². The molecule has 180 valence electrons. The van der Waals surface area contributed by atoms with E-state index in [1.165, 1.54) is 28.9 Å². The standard InChI is InChI=1S/C24H21F3N6O2/c1-15-13-21-28-14-18(33(21)31-22(15)16-5-2-3-6-17(16)24(25,26)27)23(34)30-19-7-4-8-20(29-19)32-9-11-35-12-10-32/h2-8,13-14H,9-12H2,1H3,(H,29,30,34). The Labute approximate surface area is 198 Å². The number of halogens is 3. The van der Waals surface area contributed by atoms with E-state index in [1.807, 2.05) is 6.07 Å². The van der Waals surface area contributed by atoms with Gasteiger partial charge in [-0.15, -0.1) is 0 Å². The molecule has 4 aromatic rings.